The minimum absolute atomic E-state index is 0.489. The molecule has 1 aliphatic rings. The number of halogens is 1. The van der Waals surface area contributed by atoms with Crippen LogP contribution >= 0.6 is 11.6 Å². The van der Waals surface area contributed by atoms with Gasteiger partial charge in [0.25, 0.3) is 0 Å². The zero-order chi connectivity index (χ0) is 10.3. The van der Waals surface area contributed by atoms with Crippen LogP contribution in [0, 0.1) is 0 Å². The van der Waals surface area contributed by atoms with Crippen molar-refractivity contribution in [2.75, 3.05) is 6.54 Å². The van der Waals surface area contributed by atoms with E-state index in [0.717, 1.165) is 17.0 Å². The van der Waals surface area contributed by atoms with Crippen LogP contribution in [-0.2, 0) is 0 Å². The SMILES string of the molecule is Clc1c[nH]c2c(C3CCCN3)cccc12. The lowest BCUT2D eigenvalue weighted by Gasteiger charge is -2.11. The number of aromatic amines is 1. The van der Waals surface area contributed by atoms with Crippen molar-refractivity contribution in [2.45, 2.75) is 18.9 Å². The molecule has 3 heteroatoms. The van der Waals surface area contributed by atoms with Crippen LogP contribution in [0.1, 0.15) is 24.4 Å². The number of hydrogen-bond acceptors (Lipinski definition) is 1. The molecule has 78 valence electrons. The summed E-state index contributed by atoms with van der Waals surface area (Å²) >= 11 is 6.10. The summed E-state index contributed by atoms with van der Waals surface area (Å²) in [6.07, 6.45) is 4.34. The van der Waals surface area contributed by atoms with E-state index in [1.54, 1.807) is 0 Å². The van der Waals surface area contributed by atoms with Crippen molar-refractivity contribution in [1.82, 2.24) is 10.3 Å². The first-order valence-corrected chi connectivity index (χ1v) is 5.73. The molecule has 1 fully saturated rings. The minimum Gasteiger partial charge on any atom is -0.359 e. The van der Waals surface area contributed by atoms with E-state index < -0.39 is 0 Å². The number of H-pyrrole nitrogens is 1. The molecule has 1 aromatic carbocycles. The van der Waals surface area contributed by atoms with Gasteiger partial charge in [-0.1, -0.05) is 29.8 Å². The van der Waals surface area contributed by atoms with Gasteiger partial charge in [0.15, 0.2) is 0 Å². The highest BCUT2D eigenvalue weighted by molar-refractivity contribution is 6.35. The summed E-state index contributed by atoms with van der Waals surface area (Å²) in [4.78, 5) is 3.26. The van der Waals surface area contributed by atoms with Gasteiger partial charge in [-0.2, -0.15) is 0 Å². The van der Waals surface area contributed by atoms with Gasteiger partial charge in [-0.3, -0.25) is 0 Å². The first-order valence-electron chi connectivity index (χ1n) is 5.35. The number of hydrogen-bond donors (Lipinski definition) is 2. The summed E-state index contributed by atoms with van der Waals surface area (Å²) < 4.78 is 0. The van der Waals surface area contributed by atoms with E-state index >= 15 is 0 Å². The topological polar surface area (TPSA) is 27.8 Å². The fourth-order valence-corrected chi connectivity index (χ4v) is 2.60. The first-order chi connectivity index (χ1) is 7.36. The third-order valence-corrected chi connectivity index (χ3v) is 3.45. The standard InChI is InChI=1S/C12H13ClN2/c13-10-7-15-12-8(10)3-1-4-9(12)11-5-2-6-14-11/h1,3-4,7,11,14-15H,2,5-6H2. The molecular formula is C12H13ClN2. The van der Waals surface area contributed by atoms with E-state index in [2.05, 4.69) is 28.5 Å². The summed E-state index contributed by atoms with van der Waals surface area (Å²) in [5.41, 5.74) is 2.53. The Balaban J connectivity index is 2.17. The highest BCUT2D eigenvalue weighted by Crippen LogP contribution is 2.31. The summed E-state index contributed by atoms with van der Waals surface area (Å²) in [5, 5.41) is 5.45. The molecule has 0 amide bonds. The second-order valence-corrected chi connectivity index (χ2v) is 4.46. The molecule has 0 aliphatic carbocycles. The van der Waals surface area contributed by atoms with Crippen LogP contribution in [0.2, 0.25) is 5.02 Å². The molecule has 0 radical (unpaired) electrons. The number of nitrogens with one attached hydrogen (secondary N) is 2. The summed E-state index contributed by atoms with van der Waals surface area (Å²) in [6, 6.07) is 6.81. The van der Waals surface area contributed by atoms with Crippen LogP contribution in [0.4, 0.5) is 0 Å². The molecule has 3 rings (SSSR count). The van der Waals surface area contributed by atoms with Gasteiger partial charge >= 0.3 is 0 Å². The minimum atomic E-state index is 0.489. The molecule has 1 aliphatic heterocycles. The molecule has 0 bridgehead atoms. The fourth-order valence-electron chi connectivity index (χ4n) is 2.38. The van der Waals surface area contributed by atoms with Crippen LogP contribution in [-0.4, -0.2) is 11.5 Å². The molecule has 1 unspecified atom stereocenters. The Labute approximate surface area is 93.6 Å². The molecule has 2 N–H and O–H groups in total. The molecule has 1 atom stereocenters. The molecule has 15 heavy (non-hydrogen) atoms. The highest BCUT2D eigenvalue weighted by atomic mass is 35.5. The van der Waals surface area contributed by atoms with E-state index in [1.807, 2.05) is 6.20 Å². The third-order valence-electron chi connectivity index (χ3n) is 3.13. The normalized spacial score (nSPS) is 21.3. The smallest absolute Gasteiger partial charge is 0.0659 e. The van der Waals surface area contributed by atoms with Crippen molar-refractivity contribution >= 4 is 22.5 Å². The molecule has 0 spiro atoms. The lowest BCUT2D eigenvalue weighted by atomic mass is 10.0. The summed E-state index contributed by atoms with van der Waals surface area (Å²) in [6.45, 7) is 1.12. The Morgan fingerprint density at radius 1 is 1.33 bits per heavy atom. The van der Waals surface area contributed by atoms with Gasteiger partial charge in [0.05, 0.1) is 10.5 Å². The number of benzene rings is 1. The van der Waals surface area contributed by atoms with Gasteiger partial charge in [-0.05, 0) is 24.9 Å². The molecular weight excluding hydrogens is 208 g/mol. The zero-order valence-corrected chi connectivity index (χ0v) is 9.14. The zero-order valence-electron chi connectivity index (χ0n) is 8.39. The van der Waals surface area contributed by atoms with Crippen LogP contribution in [0.15, 0.2) is 24.4 Å². The Morgan fingerprint density at radius 2 is 2.27 bits per heavy atom. The lowest BCUT2D eigenvalue weighted by molar-refractivity contribution is 0.652. The van der Waals surface area contributed by atoms with E-state index in [9.17, 15) is 0 Å². The molecule has 2 heterocycles. The Hall–Kier alpha value is -0.990. The van der Waals surface area contributed by atoms with E-state index in [4.69, 9.17) is 11.6 Å². The van der Waals surface area contributed by atoms with Crippen LogP contribution in [0.25, 0.3) is 10.9 Å². The van der Waals surface area contributed by atoms with Gasteiger partial charge in [0.2, 0.25) is 0 Å². The summed E-state index contributed by atoms with van der Waals surface area (Å²) in [5.74, 6) is 0. The maximum absolute atomic E-state index is 6.10. The van der Waals surface area contributed by atoms with Crippen molar-refractivity contribution in [2.24, 2.45) is 0 Å². The van der Waals surface area contributed by atoms with E-state index in [1.165, 1.54) is 23.9 Å². The highest BCUT2D eigenvalue weighted by Gasteiger charge is 2.19. The van der Waals surface area contributed by atoms with E-state index in [-0.39, 0.29) is 0 Å². The van der Waals surface area contributed by atoms with Crippen molar-refractivity contribution in [3.8, 4) is 0 Å². The number of para-hydroxylation sites is 1. The Bertz CT molecular complexity index is 483. The lowest BCUT2D eigenvalue weighted by Crippen LogP contribution is -2.13. The monoisotopic (exact) mass is 220 g/mol. The van der Waals surface area contributed by atoms with Gasteiger partial charge in [-0.15, -0.1) is 0 Å². The van der Waals surface area contributed by atoms with Gasteiger partial charge < -0.3 is 10.3 Å². The largest absolute Gasteiger partial charge is 0.359 e. The fraction of sp³-hybridized carbons (Fsp3) is 0.333. The Morgan fingerprint density at radius 3 is 3.07 bits per heavy atom. The molecule has 0 saturated carbocycles. The van der Waals surface area contributed by atoms with Crippen LogP contribution < -0.4 is 5.32 Å². The average molecular weight is 221 g/mol. The number of rotatable bonds is 1. The van der Waals surface area contributed by atoms with Crippen LogP contribution in [0.5, 0.6) is 0 Å². The van der Waals surface area contributed by atoms with Crippen molar-refractivity contribution in [3.63, 3.8) is 0 Å². The first kappa shape index (κ1) is 9.25. The third kappa shape index (κ3) is 1.45. The number of aromatic nitrogens is 1. The van der Waals surface area contributed by atoms with E-state index in [0.29, 0.717) is 6.04 Å². The predicted octanol–water partition coefficient (Wildman–Crippen LogP) is 3.25. The molecule has 2 aromatic rings. The molecule has 1 aromatic heterocycles. The van der Waals surface area contributed by atoms with Crippen molar-refractivity contribution in [3.05, 3.63) is 35.0 Å². The second kappa shape index (κ2) is 3.54. The van der Waals surface area contributed by atoms with Crippen LogP contribution in [0.3, 0.4) is 0 Å². The summed E-state index contributed by atoms with van der Waals surface area (Å²) in [7, 11) is 0. The maximum atomic E-state index is 6.10. The molecule has 1 saturated heterocycles. The number of fused-ring (bicyclic) bond motifs is 1. The quantitative estimate of drug-likeness (QED) is 0.759. The molecule has 2 nitrogen and oxygen atoms in total. The predicted molar refractivity (Wildman–Crippen MR) is 63.3 cm³/mol. The van der Waals surface area contributed by atoms with Crippen molar-refractivity contribution < 1.29 is 0 Å². The van der Waals surface area contributed by atoms with Gasteiger partial charge in [0, 0.05) is 17.6 Å². The average Bonchev–Trinajstić information content (AvgIpc) is 2.88. The van der Waals surface area contributed by atoms with Crippen molar-refractivity contribution in [1.29, 1.82) is 0 Å². The van der Waals surface area contributed by atoms with Gasteiger partial charge in [0.1, 0.15) is 0 Å². The maximum Gasteiger partial charge on any atom is 0.0659 e. The van der Waals surface area contributed by atoms with Gasteiger partial charge in [-0.25, -0.2) is 0 Å². The second-order valence-electron chi connectivity index (χ2n) is 4.06. The Kier molecular flexibility index (Phi) is 2.19.